The molecule has 1 heterocycles. The Kier molecular flexibility index (Phi) is 5.14. The van der Waals surface area contributed by atoms with Gasteiger partial charge >= 0.3 is 0 Å². The van der Waals surface area contributed by atoms with Gasteiger partial charge < -0.3 is 4.90 Å². The summed E-state index contributed by atoms with van der Waals surface area (Å²) in [6.45, 7) is 8.05. The second kappa shape index (κ2) is 7.09. The highest BCUT2D eigenvalue weighted by atomic mass is 32.2. The molecule has 27 heavy (non-hydrogen) atoms. The number of hydrogen-bond acceptors (Lipinski definition) is 3. The van der Waals surface area contributed by atoms with E-state index in [0.29, 0.717) is 12.1 Å². The van der Waals surface area contributed by atoms with E-state index in [1.165, 1.54) is 0 Å². The van der Waals surface area contributed by atoms with Gasteiger partial charge in [0.1, 0.15) is 0 Å². The average Bonchev–Trinajstić information content (AvgIpc) is 2.59. The van der Waals surface area contributed by atoms with Crippen molar-refractivity contribution in [2.45, 2.75) is 51.0 Å². The third kappa shape index (κ3) is 4.39. The normalized spacial score (nSPS) is 14.7. The molecule has 1 amide bonds. The number of sulfonamides is 1. The SMILES string of the molecule is Cc1ccc(C(=O)N2CCCc3cc(S(=O)(=O)NC(C)(C)C)ccc32)cc1. The number of hydrogen-bond donors (Lipinski definition) is 1. The zero-order valence-electron chi connectivity index (χ0n) is 16.2. The van der Waals surface area contributed by atoms with Crippen LogP contribution < -0.4 is 9.62 Å². The highest BCUT2D eigenvalue weighted by Gasteiger charge is 2.27. The monoisotopic (exact) mass is 386 g/mol. The van der Waals surface area contributed by atoms with Crippen LogP contribution in [0.2, 0.25) is 0 Å². The Morgan fingerprint density at radius 1 is 1.07 bits per heavy atom. The van der Waals surface area contributed by atoms with Gasteiger partial charge in [0.25, 0.3) is 5.91 Å². The molecule has 3 rings (SSSR count). The number of amides is 1. The van der Waals surface area contributed by atoms with Crippen LogP contribution in [0.4, 0.5) is 5.69 Å². The fourth-order valence-corrected chi connectivity index (χ4v) is 4.73. The first kappa shape index (κ1) is 19.6. The number of carbonyl (C=O) groups excluding carboxylic acids is 1. The average molecular weight is 387 g/mol. The summed E-state index contributed by atoms with van der Waals surface area (Å²) < 4.78 is 27.9. The van der Waals surface area contributed by atoms with Crippen molar-refractivity contribution in [2.24, 2.45) is 0 Å². The number of benzene rings is 2. The maximum absolute atomic E-state index is 12.9. The number of carbonyl (C=O) groups is 1. The Labute approximate surface area is 161 Å². The smallest absolute Gasteiger partial charge is 0.258 e. The van der Waals surface area contributed by atoms with E-state index in [4.69, 9.17) is 0 Å². The maximum atomic E-state index is 12.9. The lowest BCUT2D eigenvalue weighted by Crippen LogP contribution is -2.40. The fraction of sp³-hybridized carbons (Fsp3) is 0.381. The molecule has 0 unspecified atom stereocenters. The Morgan fingerprint density at radius 2 is 1.74 bits per heavy atom. The molecule has 6 heteroatoms. The lowest BCUT2D eigenvalue weighted by atomic mass is 10.0. The van der Waals surface area contributed by atoms with E-state index in [-0.39, 0.29) is 10.8 Å². The molecular formula is C21H26N2O3S. The van der Waals surface area contributed by atoms with E-state index in [0.717, 1.165) is 29.7 Å². The number of aryl methyl sites for hydroxylation is 2. The molecule has 2 aromatic carbocycles. The largest absolute Gasteiger partial charge is 0.308 e. The molecule has 1 N–H and O–H groups in total. The Balaban J connectivity index is 1.93. The van der Waals surface area contributed by atoms with Gasteiger partial charge in [-0.2, -0.15) is 0 Å². The topological polar surface area (TPSA) is 66.5 Å². The van der Waals surface area contributed by atoms with Crippen LogP contribution in [-0.2, 0) is 16.4 Å². The molecule has 144 valence electrons. The van der Waals surface area contributed by atoms with E-state index in [9.17, 15) is 13.2 Å². The highest BCUT2D eigenvalue weighted by Crippen LogP contribution is 2.31. The summed E-state index contributed by atoms with van der Waals surface area (Å²) in [6.07, 6.45) is 1.56. The Bertz CT molecular complexity index is 958. The van der Waals surface area contributed by atoms with E-state index in [1.807, 2.05) is 52.0 Å². The van der Waals surface area contributed by atoms with Crippen molar-refractivity contribution in [2.75, 3.05) is 11.4 Å². The van der Waals surface area contributed by atoms with Crippen LogP contribution >= 0.6 is 0 Å². The second-order valence-corrected chi connectivity index (χ2v) is 9.75. The van der Waals surface area contributed by atoms with Gasteiger partial charge in [0, 0.05) is 23.3 Å². The first-order valence-corrected chi connectivity index (χ1v) is 10.6. The molecule has 0 bridgehead atoms. The molecule has 1 aliphatic rings. The van der Waals surface area contributed by atoms with Crippen molar-refractivity contribution < 1.29 is 13.2 Å². The molecule has 0 aromatic heterocycles. The fourth-order valence-electron chi connectivity index (χ4n) is 3.27. The first-order chi connectivity index (χ1) is 12.6. The van der Waals surface area contributed by atoms with Gasteiger partial charge in [-0.05, 0) is 76.4 Å². The summed E-state index contributed by atoms with van der Waals surface area (Å²) in [5.74, 6) is -0.0561. The summed E-state index contributed by atoms with van der Waals surface area (Å²) in [5.41, 5.74) is 2.87. The van der Waals surface area contributed by atoms with Gasteiger partial charge in [0.2, 0.25) is 10.0 Å². The number of rotatable bonds is 3. The first-order valence-electron chi connectivity index (χ1n) is 9.12. The van der Waals surface area contributed by atoms with Gasteiger partial charge in [-0.25, -0.2) is 13.1 Å². The van der Waals surface area contributed by atoms with Gasteiger partial charge in [0.05, 0.1) is 4.90 Å². The molecule has 0 radical (unpaired) electrons. The minimum absolute atomic E-state index is 0.0561. The quantitative estimate of drug-likeness (QED) is 0.875. The zero-order chi connectivity index (χ0) is 19.8. The molecule has 0 saturated heterocycles. The van der Waals surface area contributed by atoms with Crippen LogP contribution in [0.1, 0.15) is 48.7 Å². The second-order valence-electron chi connectivity index (χ2n) is 8.07. The van der Waals surface area contributed by atoms with E-state index < -0.39 is 15.6 Å². The van der Waals surface area contributed by atoms with Gasteiger partial charge in [-0.3, -0.25) is 4.79 Å². The number of nitrogens with one attached hydrogen (secondary N) is 1. The summed E-state index contributed by atoms with van der Waals surface area (Å²) >= 11 is 0. The molecular weight excluding hydrogens is 360 g/mol. The van der Waals surface area contributed by atoms with Crippen molar-refractivity contribution in [1.29, 1.82) is 0 Å². The maximum Gasteiger partial charge on any atom is 0.258 e. The molecule has 0 fully saturated rings. The highest BCUT2D eigenvalue weighted by molar-refractivity contribution is 7.89. The van der Waals surface area contributed by atoms with Crippen LogP contribution in [0.25, 0.3) is 0 Å². The third-order valence-corrected chi connectivity index (χ3v) is 6.22. The Morgan fingerprint density at radius 3 is 2.37 bits per heavy atom. The summed E-state index contributed by atoms with van der Waals surface area (Å²) in [5, 5.41) is 0. The van der Waals surface area contributed by atoms with Gasteiger partial charge in [-0.15, -0.1) is 0 Å². The summed E-state index contributed by atoms with van der Waals surface area (Å²) in [4.78, 5) is 14.9. The number of nitrogens with zero attached hydrogens (tertiary/aromatic N) is 1. The van der Waals surface area contributed by atoms with Crippen molar-refractivity contribution in [3.8, 4) is 0 Å². The molecule has 0 spiro atoms. The van der Waals surface area contributed by atoms with Crippen LogP contribution in [0.3, 0.4) is 0 Å². The molecule has 0 aliphatic carbocycles. The summed E-state index contributed by atoms with van der Waals surface area (Å²) in [7, 11) is -3.60. The van der Waals surface area contributed by atoms with E-state index in [1.54, 1.807) is 23.1 Å². The van der Waals surface area contributed by atoms with Crippen LogP contribution in [-0.4, -0.2) is 26.4 Å². The lowest BCUT2D eigenvalue weighted by molar-refractivity contribution is 0.0985. The predicted octanol–water partition coefficient (Wildman–Crippen LogP) is 3.66. The van der Waals surface area contributed by atoms with Gasteiger partial charge in [0.15, 0.2) is 0 Å². The molecule has 5 nitrogen and oxygen atoms in total. The predicted molar refractivity (Wildman–Crippen MR) is 108 cm³/mol. The van der Waals surface area contributed by atoms with E-state index >= 15 is 0 Å². The molecule has 0 saturated carbocycles. The molecule has 0 atom stereocenters. The van der Waals surface area contributed by atoms with Crippen LogP contribution in [0.5, 0.6) is 0 Å². The number of fused-ring (bicyclic) bond motifs is 1. The van der Waals surface area contributed by atoms with Crippen molar-refractivity contribution >= 4 is 21.6 Å². The lowest BCUT2D eigenvalue weighted by Gasteiger charge is -2.30. The minimum atomic E-state index is -3.60. The third-order valence-electron chi connectivity index (χ3n) is 4.46. The molecule has 2 aromatic rings. The Hall–Kier alpha value is -2.18. The van der Waals surface area contributed by atoms with Crippen molar-refractivity contribution in [1.82, 2.24) is 4.72 Å². The van der Waals surface area contributed by atoms with Crippen LogP contribution in [0, 0.1) is 6.92 Å². The summed E-state index contributed by atoms with van der Waals surface area (Å²) in [6, 6.07) is 12.5. The van der Waals surface area contributed by atoms with E-state index in [2.05, 4.69) is 4.72 Å². The number of anilines is 1. The molecule has 1 aliphatic heterocycles. The van der Waals surface area contributed by atoms with Gasteiger partial charge in [-0.1, -0.05) is 17.7 Å². The van der Waals surface area contributed by atoms with Crippen LogP contribution in [0.15, 0.2) is 47.4 Å². The zero-order valence-corrected chi connectivity index (χ0v) is 17.1. The standard InChI is InChI=1S/C21H26N2O3S/c1-15-7-9-16(10-8-15)20(24)23-13-5-6-17-14-18(11-12-19(17)23)27(25,26)22-21(2,3)4/h7-12,14,22H,5-6,13H2,1-4H3. The van der Waals surface area contributed by atoms with Crippen molar-refractivity contribution in [3.63, 3.8) is 0 Å². The van der Waals surface area contributed by atoms with Crippen molar-refractivity contribution in [3.05, 3.63) is 59.2 Å². The minimum Gasteiger partial charge on any atom is -0.308 e.